The van der Waals surface area contributed by atoms with E-state index in [2.05, 4.69) is 10.3 Å². The zero-order valence-corrected chi connectivity index (χ0v) is 14.2. The molecule has 1 aromatic carbocycles. The molecule has 0 saturated carbocycles. The molecule has 1 aromatic rings. The second-order valence-electron chi connectivity index (χ2n) is 5.36. The first kappa shape index (κ1) is 17.2. The van der Waals surface area contributed by atoms with Gasteiger partial charge in [-0.2, -0.15) is 5.06 Å². The molecule has 6 heteroatoms. The first-order chi connectivity index (χ1) is 10.9. The van der Waals surface area contributed by atoms with Gasteiger partial charge in [-0.3, -0.25) is 15.0 Å². The van der Waals surface area contributed by atoms with Crippen LogP contribution in [0.2, 0.25) is 5.02 Å². The van der Waals surface area contributed by atoms with Gasteiger partial charge >= 0.3 is 0 Å². The van der Waals surface area contributed by atoms with Crippen LogP contribution in [0.15, 0.2) is 52.2 Å². The molecule has 2 N–H and O–H groups in total. The van der Waals surface area contributed by atoms with Crippen LogP contribution in [-0.2, 0) is 11.3 Å². The van der Waals surface area contributed by atoms with Crippen molar-refractivity contribution in [3.05, 3.63) is 57.8 Å². The van der Waals surface area contributed by atoms with Crippen LogP contribution in [0.4, 0.5) is 0 Å². The lowest BCUT2D eigenvalue weighted by Gasteiger charge is -2.27. The lowest BCUT2D eigenvalue weighted by atomic mass is 10.0. The maximum Gasteiger partial charge on any atom is 0.278 e. The summed E-state index contributed by atoms with van der Waals surface area (Å²) in [6.45, 7) is 6.67. The van der Waals surface area contributed by atoms with Crippen molar-refractivity contribution in [2.75, 3.05) is 6.54 Å². The topological polar surface area (TPSA) is 64.9 Å². The van der Waals surface area contributed by atoms with Crippen LogP contribution in [0.25, 0.3) is 0 Å². The van der Waals surface area contributed by atoms with Crippen molar-refractivity contribution in [1.82, 2.24) is 10.4 Å². The number of rotatable bonds is 4. The number of hydrogen-bond donors (Lipinski definition) is 2. The van der Waals surface area contributed by atoms with Crippen LogP contribution >= 0.6 is 11.6 Å². The Morgan fingerprint density at radius 1 is 1.39 bits per heavy atom. The van der Waals surface area contributed by atoms with E-state index in [1.165, 1.54) is 6.08 Å². The molecule has 2 rings (SSSR count). The standard InChI is InChI=1S/C17H20ClN3O2/c1-4-19-17-16(11(2)3)14(9-15(22)21(17)23)20-10-12-6-5-7-13(18)8-12/h5-9,20,23H,4,10H2,1-3H3. The van der Waals surface area contributed by atoms with Gasteiger partial charge in [-0.15, -0.1) is 0 Å². The summed E-state index contributed by atoms with van der Waals surface area (Å²) in [5.41, 5.74) is 3.33. The molecule has 1 heterocycles. The van der Waals surface area contributed by atoms with Gasteiger partial charge in [-0.25, -0.2) is 0 Å². The number of carbonyl (C=O) groups excluding carboxylic acids is 1. The summed E-state index contributed by atoms with van der Waals surface area (Å²) >= 11 is 5.99. The molecule has 1 aliphatic rings. The van der Waals surface area contributed by atoms with E-state index in [1.807, 2.05) is 45.0 Å². The molecule has 122 valence electrons. The van der Waals surface area contributed by atoms with Crippen molar-refractivity contribution < 1.29 is 10.0 Å². The van der Waals surface area contributed by atoms with Gasteiger partial charge in [-0.05, 0) is 38.5 Å². The zero-order chi connectivity index (χ0) is 17.0. The summed E-state index contributed by atoms with van der Waals surface area (Å²) < 4.78 is 0. The number of nitrogens with one attached hydrogen (secondary N) is 1. The molecule has 0 radical (unpaired) electrons. The molecule has 0 atom stereocenters. The zero-order valence-electron chi connectivity index (χ0n) is 13.4. The van der Waals surface area contributed by atoms with Crippen LogP contribution < -0.4 is 5.32 Å². The van der Waals surface area contributed by atoms with Gasteiger partial charge in [0.2, 0.25) is 0 Å². The molecule has 1 aliphatic heterocycles. The third-order valence-electron chi connectivity index (χ3n) is 3.35. The number of hydrogen-bond acceptors (Lipinski definition) is 4. The maximum absolute atomic E-state index is 12.0. The van der Waals surface area contributed by atoms with E-state index in [0.29, 0.717) is 28.9 Å². The minimum atomic E-state index is -0.518. The lowest BCUT2D eigenvalue weighted by molar-refractivity contribution is -0.143. The Balaban J connectivity index is 2.32. The van der Waals surface area contributed by atoms with Gasteiger partial charge < -0.3 is 5.32 Å². The van der Waals surface area contributed by atoms with Gasteiger partial charge in [0.05, 0.1) is 5.70 Å². The largest absolute Gasteiger partial charge is 0.380 e. The summed E-state index contributed by atoms with van der Waals surface area (Å²) in [6, 6.07) is 7.50. The van der Waals surface area contributed by atoms with Crippen molar-refractivity contribution in [2.45, 2.75) is 27.3 Å². The summed E-state index contributed by atoms with van der Waals surface area (Å²) in [5, 5.41) is 14.5. The summed E-state index contributed by atoms with van der Waals surface area (Å²) in [5.74, 6) is -0.246. The molecular weight excluding hydrogens is 314 g/mol. The molecule has 0 spiro atoms. The summed E-state index contributed by atoms with van der Waals surface area (Å²) in [4.78, 5) is 16.2. The normalized spacial score (nSPS) is 16.7. The minimum Gasteiger partial charge on any atom is -0.380 e. The van der Waals surface area contributed by atoms with Crippen LogP contribution in [0, 0.1) is 0 Å². The van der Waals surface area contributed by atoms with E-state index < -0.39 is 5.91 Å². The molecule has 0 bridgehead atoms. The molecule has 23 heavy (non-hydrogen) atoms. The van der Waals surface area contributed by atoms with E-state index in [4.69, 9.17) is 11.6 Å². The smallest absolute Gasteiger partial charge is 0.278 e. The first-order valence-electron chi connectivity index (χ1n) is 7.39. The monoisotopic (exact) mass is 333 g/mol. The molecular formula is C17H20ClN3O2. The van der Waals surface area contributed by atoms with Crippen molar-refractivity contribution >= 4 is 23.3 Å². The number of benzene rings is 1. The molecule has 5 nitrogen and oxygen atoms in total. The van der Waals surface area contributed by atoms with Crippen LogP contribution in [0.1, 0.15) is 26.3 Å². The van der Waals surface area contributed by atoms with Crippen LogP contribution in [-0.4, -0.2) is 28.6 Å². The van der Waals surface area contributed by atoms with Crippen molar-refractivity contribution in [1.29, 1.82) is 0 Å². The van der Waals surface area contributed by atoms with E-state index in [-0.39, 0.29) is 5.84 Å². The molecule has 0 saturated heterocycles. The molecule has 0 aromatic heterocycles. The van der Waals surface area contributed by atoms with Gasteiger partial charge in [0.15, 0.2) is 5.84 Å². The molecule has 0 aliphatic carbocycles. The SMILES string of the molecule is CCN=C1C(=C(C)C)C(NCc2cccc(Cl)c2)=CC(=O)N1O. The highest BCUT2D eigenvalue weighted by Gasteiger charge is 2.29. The lowest BCUT2D eigenvalue weighted by Crippen LogP contribution is -2.41. The number of nitrogens with zero attached hydrogens (tertiary/aromatic N) is 2. The first-order valence-corrected chi connectivity index (χ1v) is 7.77. The molecule has 0 fully saturated rings. The predicted molar refractivity (Wildman–Crippen MR) is 91.4 cm³/mol. The second kappa shape index (κ2) is 7.44. The molecule has 1 amide bonds. The van der Waals surface area contributed by atoms with Crippen molar-refractivity contribution in [3.63, 3.8) is 0 Å². The summed E-state index contributed by atoms with van der Waals surface area (Å²) in [7, 11) is 0. The Labute approximate surface area is 140 Å². The van der Waals surface area contributed by atoms with E-state index in [9.17, 15) is 10.0 Å². The Hall–Kier alpha value is -2.11. The molecule has 0 unspecified atom stereocenters. The van der Waals surface area contributed by atoms with Crippen LogP contribution in [0.3, 0.4) is 0 Å². The minimum absolute atomic E-state index is 0.272. The Kier molecular flexibility index (Phi) is 5.58. The number of allylic oxidation sites excluding steroid dienone is 1. The quantitative estimate of drug-likeness (QED) is 0.831. The number of amidine groups is 1. The van der Waals surface area contributed by atoms with Crippen molar-refractivity contribution in [2.24, 2.45) is 4.99 Å². The highest BCUT2D eigenvalue weighted by Crippen LogP contribution is 2.22. The van der Waals surface area contributed by atoms with E-state index in [0.717, 1.165) is 16.7 Å². The van der Waals surface area contributed by atoms with Crippen molar-refractivity contribution in [3.8, 4) is 0 Å². The van der Waals surface area contributed by atoms with Crippen LogP contribution in [0.5, 0.6) is 0 Å². The number of aliphatic imine (C=N–C) groups is 1. The Morgan fingerprint density at radius 2 is 2.13 bits per heavy atom. The highest BCUT2D eigenvalue weighted by atomic mass is 35.5. The fourth-order valence-electron chi connectivity index (χ4n) is 2.36. The Bertz CT molecular complexity index is 704. The van der Waals surface area contributed by atoms with Gasteiger partial charge in [0.1, 0.15) is 0 Å². The third kappa shape index (κ3) is 4.00. The van der Waals surface area contributed by atoms with Gasteiger partial charge in [0.25, 0.3) is 5.91 Å². The number of halogens is 1. The van der Waals surface area contributed by atoms with E-state index >= 15 is 0 Å². The van der Waals surface area contributed by atoms with Gasteiger partial charge in [0, 0.05) is 29.8 Å². The Morgan fingerprint density at radius 3 is 2.74 bits per heavy atom. The fraction of sp³-hybridized carbons (Fsp3) is 0.294. The number of hydroxylamine groups is 2. The number of carbonyl (C=O) groups is 1. The average Bonchev–Trinajstić information content (AvgIpc) is 2.49. The second-order valence-corrected chi connectivity index (χ2v) is 5.80. The third-order valence-corrected chi connectivity index (χ3v) is 3.59. The fourth-order valence-corrected chi connectivity index (χ4v) is 2.57. The summed E-state index contributed by atoms with van der Waals surface area (Å²) in [6.07, 6.45) is 1.38. The van der Waals surface area contributed by atoms with Gasteiger partial charge in [-0.1, -0.05) is 29.3 Å². The maximum atomic E-state index is 12.0. The highest BCUT2D eigenvalue weighted by molar-refractivity contribution is 6.30. The van der Waals surface area contributed by atoms with E-state index in [1.54, 1.807) is 0 Å². The number of amides is 1. The average molecular weight is 334 g/mol. The predicted octanol–water partition coefficient (Wildman–Crippen LogP) is 3.30.